The second-order valence-corrected chi connectivity index (χ2v) is 9.57. The summed E-state index contributed by atoms with van der Waals surface area (Å²) in [7, 11) is 0. The van der Waals surface area contributed by atoms with Crippen molar-refractivity contribution in [1.29, 1.82) is 0 Å². The molecule has 3 heterocycles. The molecule has 9 heteroatoms. The van der Waals surface area contributed by atoms with Gasteiger partial charge in [0.2, 0.25) is 5.82 Å². The van der Waals surface area contributed by atoms with Gasteiger partial charge in [0, 0.05) is 41.8 Å². The molecule has 0 saturated carbocycles. The number of carbonyl (C=O) groups excluding carboxylic acids is 1. The Bertz CT molecular complexity index is 891. The van der Waals surface area contributed by atoms with Crippen LogP contribution in [0.25, 0.3) is 11.4 Å². The molecule has 2 aliphatic rings. The first-order valence-electron chi connectivity index (χ1n) is 9.71. The van der Waals surface area contributed by atoms with Gasteiger partial charge in [-0.3, -0.25) is 0 Å². The van der Waals surface area contributed by atoms with E-state index in [2.05, 4.69) is 15.0 Å². The summed E-state index contributed by atoms with van der Waals surface area (Å²) >= 11 is 12.1. The number of amides is 1. The van der Waals surface area contributed by atoms with E-state index in [1.807, 2.05) is 25.7 Å². The third-order valence-corrected chi connectivity index (χ3v) is 5.70. The number of benzene rings is 1. The highest BCUT2D eigenvalue weighted by molar-refractivity contribution is 6.35. The lowest BCUT2D eigenvalue weighted by atomic mass is 9.89. The summed E-state index contributed by atoms with van der Waals surface area (Å²) < 4.78 is 11.0. The highest BCUT2D eigenvalue weighted by Gasteiger charge is 2.40. The van der Waals surface area contributed by atoms with Crippen LogP contribution in [-0.2, 0) is 4.74 Å². The molecule has 2 saturated heterocycles. The molecule has 0 unspecified atom stereocenters. The normalized spacial score (nSPS) is 22.0. The number of ether oxygens (including phenoxy) is 1. The molecule has 2 fully saturated rings. The minimum Gasteiger partial charge on any atom is -0.444 e. The van der Waals surface area contributed by atoms with Crippen molar-refractivity contribution in [2.45, 2.75) is 32.8 Å². The fraction of sp³-hybridized carbons (Fsp3) is 0.550. The molecule has 29 heavy (non-hydrogen) atoms. The zero-order chi connectivity index (χ0) is 20.8. The predicted octanol–water partition coefficient (Wildman–Crippen LogP) is 4.74. The van der Waals surface area contributed by atoms with Crippen LogP contribution in [0.1, 0.15) is 27.2 Å². The van der Waals surface area contributed by atoms with Gasteiger partial charge in [-0.25, -0.2) is 4.79 Å². The van der Waals surface area contributed by atoms with Crippen LogP contribution in [0.3, 0.4) is 0 Å². The number of carbonyl (C=O) groups is 1. The summed E-state index contributed by atoms with van der Waals surface area (Å²) in [5.41, 5.74) is 0.226. The second kappa shape index (κ2) is 7.69. The second-order valence-electron chi connectivity index (χ2n) is 8.70. The number of halogens is 2. The number of likely N-dealkylation sites (tertiary alicyclic amines) is 1. The summed E-state index contributed by atoms with van der Waals surface area (Å²) in [5.74, 6) is 1.30. The van der Waals surface area contributed by atoms with Crippen LogP contribution >= 0.6 is 23.2 Å². The van der Waals surface area contributed by atoms with Gasteiger partial charge in [-0.2, -0.15) is 4.98 Å². The monoisotopic (exact) mass is 438 g/mol. The zero-order valence-corrected chi connectivity index (χ0v) is 18.2. The first-order valence-corrected chi connectivity index (χ1v) is 10.5. The molecule has 4 rings (SSSR count). The molecule has 0 radical (unpaired) electrons. The van der Waals surface area contributed by atoms with Gasteiger partial charge in [-0.15, -0.1) is 0 Å². The molecular formula is C20H24Cl2N4O3. The maximum absolute atomic E-state index is 12.4. The molecule has 156 valence electrons. The van der Waals surface area contributed by atoms with Crippen molar-refractivity contribution in [3.8, 4) is 11.4 Å². The van der Waals surface area contributed by atoms with Gasteiger partial charge >= 0.3 is 12.1 Å². The number of aromatic nitrogens is 2. The summed E-state index contributed by atoms with van der Waals surface area (Å²) in [6, 6.07) is 5.65. The lowest BCUT2D eigenvalue weighted by Gasteiger charge is -2.35. The Kier molecular flexibility index (Phi) is 5.38. The Hall–Kier alpha value is -1.99. The molecule has 1 amide bonds. The number of rotatable bonds is 2. The van der Waals surface area contributed by atoms with Gasteiger partial charge in [0.15, 0.2) is 0 Å². The number of fused-ring (bicyclic) bond motifs is 1. The molecule has 1 aromatic heterocycles. The van der Waals surface area contributed by atoms with Crippen LogP contribution in [0.4, 0.5) is 10.8 Å². The molecule has 2 aliphatic heterocycles. The van der Waals surface area contributed by atoms with Crippen molar-refractivity contribution >= 4 is 35.3 Å². The highest BCUT2D eigenvalue weighted by atomic mass is 35.5. The summed E-state index contributed by atoms with van der Waals surface area (Å²) in [6.07, 6.45) is 0.693. The third-order valence-electron chi connectivity index (χ3n) is 5.26. The lowest BCUT2D eigenvalue weighted by Crippen LogP contribution is -2.45. The number of piperidine rings is 1. The number of nitrogens with zero attached hydrogens (tertiary/aromatic N) is 4. The maximum atomic E-state index is 12.4. The van der Waals surface area contributed by atoms with Crippen LogP contribution in [-0.4, -0.2) is 52.9 Å². The molecule has 0 N–H and O–H groups in total. The van der Waals surface area contributed by atoms with E-state index in [-0.39, 0.29) is 6.09 Å². The third kappa shape index (κ3) is 4.61. The molecule has 7 nitrogen and oxygen atoms in total. The van der Waals surface area contributed by atoms with Crippen molar-refractivity contribution in [2.75, 3.05) is 31.1 Å². The van der Waals surface area contributed by atoms with E-state index in [0.29, 0.717) is 52.4 Å². The Labute approximate surface area is 179 Å². The molecule has 1 aromatic carbocycles. The van der Waals surface area contributed by atoms with E-state index in [9.17, 15) is 4.79 Å². The number of hydrogen-bond acceptors (Lipinski definition) is 6. The predicted molar refractivity (Wildman–Crippen MR) is 111 cm³/mol. The largest absolute Gasteiger partial charge is 0.444 e. The van der Waals surface area contributed by atoms with Gasteiger partial charge in [-0.1, -0.05) is 28.4 Å². The average Bonchev–Trinajstić information content (AvgIpc) is 3.25. The maximum Gasteiger partial charge on any atom is 0.410 e. The van der Waals surface area contributed by atoms with Crippen LogP contribution in [0.2, 0.25) is 10.0 Å². The van der Waals surface area contributed by atoms with Crippen molar-refractivity contribution in [3.63, 3.8) is 0 Å². The minimum atomic E-state index is -0.487. The Morgan fingerprint density at radius 1 is 1.14 bits per heavy atom. The Morgan fingerprint density at radius 2 is 1.83 bits per heavy atom. The molecule has 2 aromatic rings. The number of anilines is 1. The first kappa shape index (κ1) is 20.3. The quantitative estimate of drug-likeness (QED) is 0.674. The highest BCUT2D eigenvalue weighted by Crippen LogP contribution is 2.35. The van der Waals surface area contributed by atoms with E-state index in [0.717, 1.165) is 19.5 Å². The van der Waals surface area contributed by atoms with E-state index in [4.69, 9.17) is 32.5 Å². The molecule has 0 bridgehead atoms. The molecule has 0 aliphatic carbocycles. The fourth-order valence-electron chi connectivity index (χ4n) is 3.96. The molecular weight excluding hydrogens is 415 g/mol. The van der Waals surface area contributed by atoms with Crippen LogP contribution in [0.5, 0.6) is 0 Å². The Morgan fingerprint density at radius 3 is 2.52 bits per heavy atom. The van der Waals surface area contributed by atoms with Crippen LogP contribution < -0.4 is 4.90 Å². The lowest BCUT2D eigenvalue weighted by molar-refractivity contribution is 0.0140. The van der Waals surface area contributed by atoms with Gasteiger partial charge in [0.05, 0.1) is 0 Å². The van der Waals surface area contributed by atoms with Crippen molar-refractivity contribution in [3.05, 3.63) is 28.2 Å². The van der Waals surface area contributed by atoms with Crippen LogP contribution in [0, 0.1) is 11.8 Å². The van der Waals surface area contributed by atoms with E-state index >= 15 is 0 Å². The van der Waals surface area contributed by atoms with Crippen molar-refractivity contribution < 1.29 is 14.1 Å². The molecule has 2 atom stereocenters. The van der Waals surface area contributed by atoms with Crippen molar-refractivity contribution in [1.82, 2.24) is 15.0 Å². The zero-order valence-electron chi connectivity index (χ0n) is 16.7. The first-order chi connectivity index (χ1) is 13.7. The van der Waals surface area contributed by atoms with Gasteiger partial charge in [0.25, 0.3) is 0 Å². The van der Waals surface area contributed by atoms with Crippen molar-refractivity contribution in [2.24, 2.45) is 11.8 Å². The van der Waals surface area contributed by atoms with Crippen LogP contribution in [0.15, 0.2) is 22.7 Å². The summed E-state index contributed by atoms with van der Waals surface area (Å²) in [5, 5.41) is 5.13. The number of hydrogen-bond donors (Lipinski definition) is 0. The molecule has 0 spiro atoms. The standard InChI is InChI=1S/C20H24Cl2N4O3/c1-20(2,3)28-19(27)25-5-4-12-9-26(11-14(12)10-25)18-23-17(24-29-18)13-6-15(21)8-16(22)7-13/h6-8,12,14H,4-5,9-11H2,1-3H3/t12-,14+/m1/s1. The van der Waals surface area contributed by atoms with E-state index in [1.165, 1.54) is 0 Å². The smallest absolute Gasteiger partial charge is 0.410 e. The SMILES string of the molecule is CC(C)(C)OC(=O)N1CC[C@@H]2CN(c3nc(-c4cc(Cl)cc(Cl)c4)no3)C[C@@H]2C1. The van der Waals surface area contributed by atoms with Gasteiger partial charge in [-0.05, 0) is 57.2 Å². The van der Waals surface area contributed by atoms with E-state index in [1.54, 1.807) is 18.2 Å². The average molecular weight is 439 g/mol. The summed E-state index contributed by atoms with van der Waals surface area (Å²) in [6.45, 7) is 8.65. The topological polar surface area (TPSA) is 71.7 Å². The summed E-state index contributed by atoms with van der Waals surface area (Å²) in [4.78, 5) is 20.8. The Balaban J connectivity index is 1.43. The fourth-order valence-corrected chi connectivity index (χ4v) is 4.49. The van der Waals surface area contributed by atoms with E-state index < -0.39 is 5.60 Å². The van der Waals surface area contributed by atoms with Gasteiger partial charge in [0.1, 0.15) is 5.60 Å². The minimum absolute atomic E-state index is 0.243. The van der Waals surface area contributed by atoms with Gasteiger partial charge < -0.3 is 19.1 Å².